The van der Waals surface area contributed by atoms with E-state index in [9.17, 15) is 4.79 Å². The predicted molar refractivity (Wildman–Crippen MR) is 72.1 cm³/mol. The van der Waals surface area contributed by atoms with E-state index in [0.717, 1.165) is 5.52 Å². The largest absolute Gasteiger partial charge is 0.478 e. The summed E-state index contributed by atoms with van der Waals surface area (Å²) in [5, 5.41) is 17.1. The molecule has 0 saturated carbocycles. The van der Waals surface area contributed by atoms with Crippen molar-refractivity contribution in [2.24, 2.45) is 0 Å². The highest BCUT2D eigenvalue weighted by molar-refractivity contribution is 7.99. The quantitative estimate of drug-likeness (QED) is 0.918. The molecule has 0 bridgehead atoms. The van der Waals surface area contributed by atoms with Gasteiger partial charge in [0.2, 0.25) is 0 Å². The Hall–Kier alpha value is -1.56. The SMILES string of the molecule is CSC(C)(C)Cn1nnc2c(C(=O)O)cccc21. The molecule has 0 spiro atoms. The Kier molecular flexibility index (Phi) is 3.30. The fraction of sp³-hybridized carbons (Fsp3) is 0.417. The van der Waals surface area contributed by atoms with Crippen LogP contribution in [0.3, 0.4) is 0 Å². The molecule has 18 heavy (non-hydrogen) atoms. The monoisotopic (exact) mass is 265 g/mol. The summed E-state index contributed by atoms with van der Waals surface area (Å²) >= 11 is 1.74. The van der Waals surface area contributed by atoms with Crippen molar-refractivity contribution in [2.45, 2.75) is 25.1 Å². The second-order valence-corrected chi connectivity index (χ2v) is 6.20. The van der Waals surface area contributed by atoms with E-state index in [1.54, 1.807) is 28.6 Å². The summed E-state index contributed by atoms with van der Waals surface area (Å²) in [7, 11) is 0. The third-order valence-electron chi connectivity index (χ3n) is 2.86. The van der Waals surface area contributed by atoms with E-state index in [2.05, 4.69) is 24.2 Å². The summed E-state index contributed by atoms with van der Waals surface area (Å²) in [6.07, 6.45) is 2.04. The van der Waals surface area contributed by atoms with Gasteiger partial charge in [-0.25, -0.2) is 9.48 Å². The van der Waals surface area contributed by atoms with Gasteiger partial charge in [-0.3, -0.25) is 0 Å². The van der Waals surface area contributed by atoms with Crippen LogP contribution in [-0.2, 0) is 6.54 Å². The average molecular weight is 265 g/mol. The lowest BCUT2D eigenvalue weighted by molar-refractivity contribution is 0.0699. The normalized spacial score (nSPS) is 11.9. The van der Waals surface area contributed by atoms with Crippen molar-refractivity contribution in [3.8, 4) is 0 Å². The topological polar surface area (TPSA) is 68.0 Å². The maximum atomic E-state index is 11.1. The minimum Gasteiger partial charge on any atom is -0.478 e. The number of hydrogen-bond acceptors (Lipinski definition) is 4. The first-order valence-corrected chi connectivity index (χ1v) is 6.78. The van der Waals surface area contributed by atoms with Crippen LogP contribution in [0.5, 0.6) is 0 Å². The number of aromatic nitrogens is 3. The smallest absolute Gasteiger partial charge is 0.338 e. The first kappa shape index (κ1) is 12.9. The molecular formula is C12H15N3O2S. The molecule has 1 aromatic carbocycles. The minimum atomic E-state index is -0.975. The van der Waals surface area contributed by atoms with Gasteiger partial charge in [-0.1, -0.05) is 11.3 Å². The van der Waals surface area contributed by atoms with E-state index in [-0.39, 0.29) is 10.3 Å². The molecule has 0 aliphatic rings. The molecule has 2 aromatic rings. The Morgan fingerprint density at radius 1 is 1.50 bits per heavy atom. The lowest BCUT2D eigenvalue weighted by atomic mass is 10.1. The molecule has 0 saturated heterocycles. The summed E-state index contributed by atoms with van der Waals surface area (Å²) in [6.45, 7) is 4.92. The molecule has 0 unspecified atom stereocenters. The molecule has 5 nitrogen and oxygen atoms in total. The first-order chi connectivity index (χ1) is 8.44. The summed E-state index contributed by atoms with van der Waals surface area (Å²) in [4.78, 5) is 11.1. The van der Waals surface area contributed by atoms with E-state index in [0.29, 0.717) is 12.1 Å². The summed E-state index contributed by atoms with van der Waals surface area (Å²) in [5.74, 6) is -0.975. The molecular weight excluding hydrogens is 250 g/mol. The number of carboxylic acids is 1. The average Bonchev–Trinajstić information content (AvgIpc) is 2.72. The fourth-order valence-electron chi connectivity index (χ4n) is 1.71. The maximum Gasteiger partial charge on any atom is 0.338 e. The zero-order chi connectivity index (χ0) is 13.3. The molecule has 1 aromatic heterocycles. The molecule has 0 aliphatic heterocycles. The lowest BCUT2D eigenvalue weighted by Gasteiger charge is -2.21. The van der Waals surface area contributed by atoms with Gasteiger partial charge in [0, 0.05) is 4.75 Å². The van der Waals surface area contributed by atoms with Crippen molar-refractivity contribution in [2.75, 3.05) is 6.26 Å². The number of fused-ring (bicyclic) bond motifs is 1. The molecule has 96 valence electrons. The molecule has 1 N–H and O–H groups in total. The van der Waals surface area contributed by atoms with Crippen LogP contribution in [0, 0.1) is 0 Å². The standard InChI is InChI=1S/C12H15N3O2S/c1-12(2,18-3)7-15-9-6-4-5-8(11(16)17)10(9)13-14-15/h4-6H,7H2,1-3H3,(H,16,17). The van der Waals surface area contributed by atoms with Crippen LogP contribution < -0.4 is 0 Å². The van der Waals surface area contributed by atoms with Crippen LogP contribution in [0.1, 0.15) is 24.2 Å². The Morgan fingerprint density at radius 3 is 2.83 bits per heavy atom. The molecule has 1 heterocycles. The maximum absolute atomic E-state index is 11.1. The van der Waals surface area contributed by atoms with Crippen molar-refractivity contribution in [1.82, 2.24) is 15.0 Å². The number of thioether (sulfide) groups is 1. The molecule has 6 heteroatoms. The van der Waals surface area contributed by atoms with Crippen molar-refractivity contribution in [3.63, 3.8) is 0 Å². The Bertz CT molecular complexity index is 592. The van der Waals surface area contributed by atoms with Gasteiger partial charge in [0.1, 0.15) is 5.52 Å². The van der Waals surface area contributed by atoms with Gasteiger partial charge in [-0.15, -0.1) is 5.10 Å². The zero-order valence-electron chi connectivity index (χ0n) is 10.5. The highest BCUT2D eigenvalue weighted by Crippen LogP contribution is 2.25. The summed E-state index contributed by atoms with van der Waals surface area (Å²) < 4.78 is 1.79. The van der Waals surface area contributed by atoms with Crippen LogP contribution in [0.2, 0.25) is 0 Å². The number of carbonyl (C=O) groups is 1. The molecule has 0 atom stereocenters. The molecule has 2 rings (SSSR count). The number of rotatable bonds is 4. The molecule has 0 amide bonds. The van der Waals surface area contributed by atoms with Gasteiger partial charge in [0.25, 0.3) is 0 Å². The number of benzene rings is 1. The van der Waals surface area contributed by atoms with E-state index in [1.807, 2.05) is 12.3 Å². The van der Waals surface area contributed by atoms with Crippen LogP contribution in [-0.4, -0.2) is 37.1 Å². The number of carboxylic acid groups (broad SMARTS) is 1. The fourth-order valence-corrected chi connectivity index (χ4v) is 1.96. The van der Waals surface area contributed by atoms with Gasteiger partial charge in [-0.05, 0) is 32.2 Å². The van der Waals surface area contributed by atoms with Crippen molar-refractivity contribution < 1.29 is 9.90 Å². The Morgan fingerprint density at radius 2 is 2.22 bits per heavy atom. The van der Waals surface area contributed by atoms with Crippen LogP contribution in [0.4, 0.5) is 0 Å². The number of nitrogens with zero attached hydrogens (tertiary/aromatic N) is 3. The van der Waals surface area contributed by atoms with Crippen LogP contribution >= 0.6 is 11.8 Å². The van der Waals surface area contributed by atoms with E-state index >= 15 is 0 Å². The summed E-state index contributed by atoms with van der Waals surface area (Å²) in [6, 6.07) is 5.11. The number of hydrogen-bond donors (Lipinski definition) is 1. The molecule has 0 radical (unpaired) electrons. The first-order valence-electron chi connectivity index (χ1n) is 5.55. The van der Waals surface area contributed by atoms with Crippen LogP contribution in [0.25, 0.3) is 11.0 Å². The van der Waals surface area contributed by atoms with Gasteiger partial charge in [0.05, 0.1) is 17.6 Å². The Labute approximate surface area is 109 Å². The minimum absolute atomic E-state index is 0.0276. The van der Waals surface area contributed by atoms with E-state index in [4.69, 9.17) is 5.11 Å². The van der Waals surface area contributed by atoms with Gasteiger partial charge in [-0.2, -0.15) is 11.8 Å². The summed E-state index contributed by atoms with van der Waals surface area (Å²) in [5.41, 5.74) is 1.40. The number of aromatic carboxylic acids is 1. The lowest BCUT2D eigenvalue weighted by Crippen LogP contribution is -2.23. The van der Waals surface area contributed by atoms with Crippen LogP contribution in [0.15, 0.2) is 18.2 Å². The highest BCUT2D eigenvalue weighted by atomic mass is 32.2. The second kappa shape index (κ2) is 4.61. The third kappa shape index (κ3) is 2.33. The molecule has 0 aliphatic carbocycles. The van der Waals surface area contributed by atoms with Gasteiger partial charge < -0.3 is 5.11 Å². The van der Waals surface area contributed by atoms with Gasteiger partial charge >= 0.3 is 5.97 Å². The molecule has 0 fully saturated rings. The Balaban J connectivity index is 2.49. The highest BCUT2D eigenvalue weighted by Gasteiger charge is 2.20. The van der Waals surface area contributed by atoms with Crippen molar-refractivity contribution in [3.05, 3.63) is 23.8 Å². The van der Waals surface area contributed by atoms with Gasteiger partial charge in [0.15, 0.2) is 0 Å². The van der Waals surface area contributed by atoms with Crippen molar-refractivity contribution >= 4 is 28.8 Å². The third-order valence-corrected chi connectivity index (χ3v) is 4.09. The van der Waals surface area contributed by atoms with E-state index in [1.165, 1.54) is 0 Å². The van der Waals surface area contributed by atoms with Crippen molar-refractivity contribution in [1.29, 1.82) is 0 Å². The second-order valence-electron chi connectivity index (χ2n) is 4.69. The zero-order valence-corrected chi connectivity index (χ0v) is 11.4. The predicted octanol–water partition coefficient (Wildman–Crippen LogP) is 2.27. The van der Waals surface area contributed by atoms with E-state index < -0.39 is 5.97 Å².